The molecule has 0 atom stereocenters. The molecule has 25 heavy (non-hydrogen) atoms. The summed E-state index contributed by atoms with van der Waals surface area (Å²) in [5.74, 6) is -0.944. The predicted octanol–water partition coefficient (Wildman–Crippen LogP) is 4.29. The maximum Gasteiger partial charge on any atom is 0.447 e. The van der Waals surface area contributed by atoms with Crippen LogP contribution >= 0.6 is 11.8 Å². The van der Waals surface area contributed by atoms with E-state index in [0.717, 1.165) is 18.4 Å². The van der Waals surface area contributed by atoms with E-state index in [-0.39, 0.29) is 28.4 Å². The molecule has 0 aliphatic heterocycles. The smallest absolute Gasteiger partial charge is 0.351 e. The number of halogens is 4. The van der Waals surface area contributed by atoms with Crippen molar-refractivity contribution in [3.63, 3.8) is 0 Å². The molecule has 1 aliphatic rings. The van der Waals surface area contributed by atoms with Gasteiger partial charge in [0.25, 0.3) is 5.91 Å². The van der Waals surface area contributed by atoms with E-state index in [1.54, 1.807) is 12.1 Å². The number of hydrogen-bond donors (Lipinski definition) is 1. The summed E-state index contributed by atoms with van der Waals surface area (Å²) in [4.78, 5) is 16.0. The predicted molar refractivity (Wildman–Crippen MR) is 85.8 cm³/mol. The second kappa shape index (κ2) is 6.67. The number of aromatic nitrogens is 1. The molecule has 1 saturated carbocycles. The van der Waals surface area contributed by atoms with Crippen molar-refractivity contribution in [2.75, 3.05) is 6.54 Å². The number of rotatable bonds is 5. The number of nitrogens with zero attached hydrogens (tertiary/aromatic N) is 1. The van der Waals surface area contributed by atoms with Crippen molar-refractivity contribution in [2.45, 2.75) is 28.8 Å². The van der Waals surface area contributed by atoms with Crippen molar-refractivity contribution in [3.8, 4) is 0 Å². The highest BCUT2D eigenvalue weighted by Crippen LogP contribution is 2.47. The lowest BCUT2D eigenvalue weighted by Crippen LogP contribution is -2.32. The standard InChI is InChI=1S/C17H14F4N2OS/c18-12-5-3-11(4-6-12)16(7-8-16)10-23-14(24)13-2-1-9-22-15(13)25-17(19,20)21/h1-6,9H,7-8,10H2,(H,23,24). The van der Waals surface area contributed by atoms with Crippen molar-refractivity contribution in [1.82, 2.24) is 10.3 Å². The Bertz CT molecular complexity index is 773. The van der Waals surface area contributed by atoms with Gasteiger partial charge in [-0.1, -0.05) is 12.1 Å². The highest BCUT2D eigenvalue weighted by Gasteiger charge is 2.44. The van der Waals surface area contributed by atoms with Crippen molar-refractivity contribution < 1.29 is 22.4 Å². The number of hydrogen-bond acceptors (Lipinski definition) is 3. The average Bonchev–Trinajstić information content (AvgIpc) is 3.33. The first-order valence-electron chi connectivity index (χ1n) is 7.54. The molecule has 1 aliphatic carbocycles. The van der Waals surface area contributed by atoms with Gasteiger partial charge in [-0.25, -0.2) is 9.37 Å². The van der Waals surface area contributed by atoms with Gasteiger partial charge in [0, 0.05) is 29.9 Å². The summed E-state index contributed by atoms with van der Waals surface area (Å²) in [7, 11) is 0. The summed E-state index contributed by atoms with van der Waals surface area (Å²) >= 11 is -0.411. The lowest BCUT2D eigenvalue weighted by atomic mass is 9.96. The molecule has 1 N–H and O–H groups in total. The zero-order valence-corrected chi connectivity index (χ0v) is 13.8. The van der Waals surface area contributed by atoms with Gasteiger partial charge in [-0.05, 0) is 42.7 Å². The van der Waals surface area contributed by atoms with E-state index < -0.39 is 23.2 Å². The van der Waals surface area contributed by atoms with Gasteiger partial charge in [0.05, 0.1) is 5.56 Å². The summed E-state index contributed by atoms with van der Waals surface area (Å²) in [6, 6.07) is 8.79. The molecule has 0 spiro atoms. The number of benzene rings is 1. The third-order valence-corrected chi connectivity index (χ3v) is 4.88. The molecule has 1 fully saturated rings. The van der Waals surface area contributed by atoms with Gasteiger partial charge in [0.1, 0.15) is 10.8 Å². The topological polar surface area (TPSA) is 42.0 Å². The summed E-state index contributed by atoms with van der Waals surface area (Å²) in [5.41, 5.74) is -4.00. The first-order valence-corrected chi connectivity index (χ1v) is 8.36. The summed E-state index contributed by atoms with van der Waals surface area (Å²) in [5, 5.41) is 2.31. The summed E-state index contributed by atoms with van der Waals surface area (Å²) < 4.78 is 50.8. The van der Waals surface area contributed by atoms with Crippen molar-refractivity contribution in [2.24, 2.45) is 0 Å². The Balaban J connectivity index is 1.70. The largest absolute Gasteiger partial charge is 0.447 e. The van der Waals surface area contributed by atoms with Gasteiger partial charge in [0.15, 0.2) is 0 Å². The molecular weight excluding hydrogens is 356 g/mol. The average molecular weight is 370 g/mol. The van der Waals surface area contributed by atoms with Gasteiger partial charge in [-0.3, -0.25) is 4.79 Å². The van der Waals surface area contributed by atoms with E-state index in [1.165, 1.54) is 30.5 Å². The highest BCUT2D eigenvalue weighted by molar-refractivity contribution is 8.00. The van der Waals surface area contributed by atoms with Crippen LogP contribution in [0.5, 0.6) is 0 Å². The number of thioether (sulfide) groups is 1. The Morgan fingerprint density at radius 2 is 1.88 bits per heavy atom. The fourth-order valence-corrected chi connectivity index (χ4v) is 3.22. The zero-order valence-electron chi connectivity index (χ0n) is 12.9. The molecule has 0 bridgehead atoms. The fourth-order valence-electron chi connectivity index (χ4n) is 2.62. The molecule has 0 radical (unpaired) electrons. The minimum absolute atomic E-state index is 0.111. The SMILES string of the molecule is O=C(NCC1(c2ccc(F)cc2)CC1)c1cccnc1SC(F)(F)F. The third-order valence-electron chi connectivity index (χ3n) is 4.13. The van der Waals surface area contributed by atoms with E-state index in [4.69, 9.17) is 0 Å². The first-order chi connectivity index (χ1) is 11.8. The van der Waals surface area contributed by atoms with E-state index in [2.05, 4.69) is 10.3 Å². The molecule has 1 amide bonds. The molecule has 0 saturated heterocycles. The molecule has 3 rings (SSSR count). The maximum absolute atomic E-state index is 13.0. The first kappa shape index (κ1) is 17.7. The molecule has 1 aromatic heterocycles. The summed E-state index contributed by atoms with van der Waals surface area (Å²) in [6.07, 6.45) is 2.87. The lowest BCUT2D eigenvalue weighted by molar-refractivity contribution is -0.0329. The van der Waals surface area contributed by atoms with Gasteiger partial charge >= 0.3 is 5.51 Å². The Morgan fingerprint density at radius 3 is 2.48 bits per heavy atom. The number of carbonyl (C=O) groups is 1. The van der Waals surface area contributed by atoms with Crippen LogP contribution in [0, 0.1) is 5.82 Å². The van der Waals surface area contributed by atoms with Crippen molar-refractivity contribution >= 4 is 17.7 Å². The molecule has 1 aromatic carbocycles. The van der Waals surface area contributed by atoms with Gasteiger partial charge < -0.3 is 5.32 Å². The second-order valence-corrected chi connectivity index (χ2v) is 6.93. The van der Waals surface area contributed by atoms with Gasteiger partial charge in [-0.2, -0.15) is 13.2 Å². The van der Waals surface area contributed by atoms with Crippen LogP contribution < -0.4 is 5.32 Å². The zero-order chi connectivity index (χ0) is 18.1. The molecular formula is C17H14F4N2OS. The second-order valence-electron chi connectivity index (χ2n) is 5.87. The van der Waals surface area contributed by atoms with E-state index in [1.807, 2.05) is 0 Å². The Labute approximate surface area is 145 Å². The molecule has 132 valence electrons. The minimum Gasteiger partial charge on any atom is -0.351 e. The van der Waals surface area contributed by atoms with Crippen molar-refractivity contribution in [1.29, 1.82) is 0 Å². The molecule has 3 nitrogen and oxygen atoms in total. The van der Waals surface area contributed by atoms with Crippen LogP contribution in [0.25, 0.3) is 0 Å². The van der Waals surface area contributed by atoms with Gasteiger partial charge in [0.2, 0.25) is 0 Å². The minimum atomic E-state index is -4.52. The third kappa shape index (κ3) is 4.31. The highest BCUT2D eigenvalue weighted by atomic mass is 32.2. The van der Waals surface area contributed by atoms with Gasteiger partial charge in [-0.15, -0.1) is 0 Å². The van der Waals surface area contributed by atoms with Crippen molar-refractivity contribution in [3.05, 3.63) is 59.5 Å². The quantitative estimate of drug-likeness (QED) is 0.631. The van der Waals surface area contributed by atoms with E-state index >= 15 is 0 Å². The van der Waals surface area contributed by atoms with Crippen LogP contribution in [0.3, 0.4) is 0 Å². The number of carbonyl (C=O) groups excluding carboxylic acids is 1. The van der Waals surface area contributed by atoms with Crippen LogP contribution in [-0.4, -0.2) is 22.9 Å². The number of amides is 1. The number of pyridine rings is 1. The maximum atomic E-state index is 13.0. The Morgan fingerprint density at radius 1 is 1.20 bits per heavy atom. The molecule has 1 heterocycles. The normalized spacial score (nSPS) is 15.7. The Hall–Kier alpha value is -2.09. The van der Waals surface area contributed by atoms with Crippen LogP contribution in [-0.2, 0) is 5.41 Å². The summed E-state index contributed by atoms with van der Waals surface area (Å²) in [6.45, 7) is 0.280. The molecule has 8 heteroatoms. The van der Waals surface area contributed by atoms with Crippen LogP contribution in [0.15, 0.2) is 47.6 Å². The Kier molecular flexibility index (Phi) is 4.73. The lowest BCUT2D eigenvalue weighted by Gasteiger charge is -2.17. The van der Waals surface area contributed by atoms with Crippen LogP contribution in [0.4, 0.5) is 17.6 Å². The number of alkyl halides is 3. The molecule has 2 aromatic rings. The molecule has 0 unspecified atom stereocenters. The van der Waals surface area contributed by atoms with Crippen LogP contribution in [0.2, 0.25) is 0 Å². The van der Waals surface area contributed by atoms with E-state index in [0.29, 0.717) is 0 Å². The van der Waals surface area contributed by atoms with E-state index in [9.17, 15) is 22.4 Å². The number of nitrogens with one attached hydrogen (secondary N) is 1. The van der Waals surface area contributed by atoms with Crippen LogP contribution in [0.1, 0.15) is 28.8 Å². The monoisotopic (exact) mass is 370 g/mol. The fraction of sp³-hybridized carbons (Fsp3) is 0.294.